The van der Waals surface area contributed by atoms with Gasteiger partial charge in [-0.05, 0) is 63.2 Å². The Morgan fingerprint density at radius 1 is 0.297 bits per heavy atom. The molecule has 6 rings (SSSR count). The maximum Gasteiger partial charge on any atom is 0.0464 e. The van der Waals surface area contributed by atoms with Gasteiger partial charge in [-0.2, -0.15) is 0 Å². The summed E-state index contributed by atoms with van der Waals surface area (Å²) in [7, 11) is 0. The van der Waals surface area contributed by atoms with Crippen LogP contribution in [0.25, 0.3) is 44.5 Å². The van der Waals surface area contributed by atoms with E-state index >= 15 is 0 Å². The van der Waals surface area contributed by atoms with E-state index in [1.165, 1.54) is 44.5 Å². The molecule has 6 aromatic rings. The first kappa shape index (κ1) is 22.6. The third-order valence-electron chi connectivity index (χ3n) is 6.70. The predicted octanol–water partition coefficient (Wildman–Crippen LogP) is 10.1. The highest BCUT2D eigenvalue weighted by molar-refractivity contribution is 5.86. The van der Waals surface area contributed by atoms with Gasteiger partial charge in [-0.15, -0.1) is 0 Å². The van der Waals surface area contributed by atoms with Crippen molar-refractivity contribution in [1.29, 1.82) is 0 Å². The minimum atomic E-state index is 1.07. The van der Waals surface area contributed by atoms with Crippen molar-refractivity contribution >= 4 is 11.4 Å². The summed E-state index contributed by atoms with van der Waals surface area (Å²) in [6.07, 6.45) is 0. The summed E-state index contributed by atoms with van der Waals surface area (Å²) in [5.74, 6) is 0. The Labute approximate surface area is 218 Å². The zero-order chi connectivity index (χ0) is 24.9. The van der Waals surface area contributed by atoms with E-state index in [1.54, 1.807) is 0 Å². The molecule has 0 aliphatic rings. The Morgan fingerprint density at radius 3 is 1.19 bits per heavy atom. The topological polar surface area (TPSA) is 12.0 Å². The molecule has 0 aromatic heterocycles. The molecule has 6 aromatic carbocycles. The van der Waals surface area contributed by atoms with E-state index in [0.29, 0.717) is 0 Å². The average molecular weight is 474 g/mol. The number of nitrogens with one attached hydrogen (secondary N) is 1. The first-order chi connectivity index (χ1) is 18.3. The van der Waals surface area contributed by atoms with Crippen molar-refractivity contribution in [3.05, 3.63) is 158 Å². The molecular weight excluding hydrogens is 446 g/mol. The Balaban J connectivity index is 1.32. The van der Waals surface area contributed by atoms with Crippen LogP contribution in [0.4, 0.5) is 11.4 Å². The first-order valence-corrected chi connectivity index (χ1v) is 12.6. The molecule has 0 bridgehead atoms. The first-order valence-electron chi connectivity index (χ1n) is 12.6. The minimum Gasteiger partial charge on any atom is -0.355 e. The maximum absolute atomic E-state index is 3.66. The van der Waals surface area contributed by atoms with E-state index in [9.17, 15) is 0 Å². The maximum atomic E-state index is 3.66. The molecule has 0 saturated carbocycles. The molecule has 37 heavy (non-hydrogen) atoms. The molecule has 1 N–H and O–H groups in total. The summed E-state index contributed by atoms with van der Waals surface area (Å²) in [6, 6.07) is 55.7. The zero-order valence-corrected chi connectivity index (χ0v) is 20.5. The molecule has 0 atom stereocenters. The summed E-state index contributed by atoms with van der Waals surface area (Å²) in [4.78, 5) is 0. The molecule has 1 nitrogen and oxygen atoms in total. The lowest BCUT2D eigenvalue weighted by molar-refractivity contribution is 1.52. The van der Waals surface area contributed by atoms with Crippen molar-refractivity contribution in [3.63, 3.8) is 0 Å². The summed E-state index contributed by atoms with van der Waals surface area (Å²) in [6.45, 7) is 0. The second-order valence-corrected chi connectivity index (χ2v) is 9.14. The van der Waals surface area contributed by atoms with Crippen molar-refractivity contribution in [2.75, 3.05) is 5.32 Å². The molecule has 0 heterocycles. The second kappa shape index (κ2) is 10.4. The van der Waals surface area contributed by atoms with Gasteiger partial charge in [-0.25, -0.2) is 0 Å². The fourth-order valence-corrected chi connectivity index (χ4v) is 4.71. The molecule has 0 radical (unpaired) electrons. The lowest BCUT2D eigenvalue weighted by Crippen LogP contribution is -1.94. The fraction of sp³-hybridized carbons (Fsp3) is 0. The van der Waals surface area contributed by atoms with Crippen LogP contribution in [0.2, 0.25) is 0 Å². The molecule has 0 fully saturated rings. The molecule has 0 unspecified atom stereocenters. The molecule has 0 saturated heterocycles. The molecule has 0 amide bonds. The van der Waals surface area contributed by atoms with E-state index in [-0.39, 0.29) is 0 Å². The van der Waals surface area contributed by atoms with Crippen LogP contribution in [-0.2, 0) is 0 Å². The van der Waals surface area contributed by atoms with E-state index in [0.717, 1.165) is 11.4 Å². The van der Waals surface area contributed by atoms with Crippen LogP contribution >= 0.6 is 0 Å². The predicted molar refractivity (Wildman–Crippen MR) is 158 cm³/mol. The average Bonchev–Trinajstić information content (AvgIpc) is 2.99. The van der Waals surface area contributed by atoms with Gasteiger partial charge < -0.3 is 5.32 Å². The quantitative estimate of drug-likeness (QED) is 0.254. The molecular formula is C36H27N. The van der Waals surface area contributed by atoms with Crippen LogP contribution in [0, 0.1) is 0 Å². The number of rotatable bonds is 6. The minimum absolute atomic E-state index is 1.07. The number of benzene rings is 6. The third kappa shape index (κ3) is 5.07. The van der Waals surface area contributed by atoms with Crippen LogP contribution < -0.4 is 5.32 Å². The Bertz CT molecular complexity index is 1590. The number of anilines is 2. The van der Waals surface area contributed by atoms with Gasteiger partial charge in [-0.1, -0.05) is 133 Å². The number of hydrogen-bond acceptors (Lipinski definition) is 1. The standard InChI is InChI=1S/C36H27N/c1-4-10-27(11-5-1)29-16-18-31(19-17-29)33-22-25-36(35(26-33)32-14-8-3-9-15-32)37-34-23-20-30(21-24-34)28-12-6-2-7-13-28/h1-26,37H. The summed E-state index contributed by atoms with van der Waals surface area (Å²) in [5, 5.41) is 3.66. The highest BCUT2D eigenvalue weighted by atomic mass is 14.9. The van der Waals surface area contributed by atoms with E-state index in [4.69, 9.17) is 0 Å². The van der Waals surface area contributed by atoms with Crippen LogP contribution in [0.15, 0.2) is 158 Å². The summed E-state index contributed by atoms with van der Waals surface area (Å²) >= 11 is 0. The summed E-state index contributed by atoms with van der Waals surface area (Å²) in [5.41, 5.74) is 11.8. The molecule has 1 heteroatoms. The van der Waals surface area contributed by atoms with Gasteiger partial charge >= 0.3 is 0 Å². The lowest BCUT2D eigenvalue weighted by Gasteiger charge is -2.15. The smallest absolute Gasteiger partial charge is 0.0464 e. The van der Waals surface area contributed by atoms with Crippen LogP contribution in [0.1, 0.15) is 0 Å². The van der Waals surface area contributed by atoms with Gasteiger partial charge in [0, 0.05) is 16.9 Å². The Hall–Kier alpha value is -4.88. The third-order valence-corrected chi connectivity index (χ3v) is 6.70. The largest absolute Gasteiger partial charge is 0.355 e. The van der Waals surface area contributed by atoms with Crippen LogP contribution in [-0.4, -0.2) is 0 Å². The lowest BCUT2D eigenvalue weighted by atomic mass is 9.95. The molecule has 0 aliphatic carbocycles. The monoisotopic (exact) mass is 473 g/mol. The molecule has 0 aliphatic heterocycles. The Morgan fingerprint density at radius 2 is 0.676 bits per heavy atom. The van der Waals surface area contributed by atoms with Crippen molar-refractivity contribution < 1.29 is 0 Å². The normalized spacial score (nSPS) is 10.7. The van der Waals surface area contributed by atoms with Gasteiger partial charge in [0.1, 0.15) is 0 Å². The second-order valence-electron chi connectivity index (χ2n) is 9.14. The van der Waals surface area contributed by atoms with Crippen molar-refractivity contribution in [3.8, 4) is 44.5 Å². The van der Waals surface area contributed by atoms with Crippen molar-refractivity contribution in [2.45, 2.75) is 0 Å². The van der Waals surface area contributed by atoms with Gasteiger partial charge in [0.2, 0.25) is 0 Å². The van der Waals surface area contributed by atoms with Gasteiger partial charge in [0.15, 0.2) is 0 Å². The van der Waals surface area contributed by atoms with Gasteiger partial charge in [0.25, 0.3) is 0 Å². The van der Waals surface area contributed by atoms with E-state index in [1.807, 2.05) is 6.07 Å². The fourth-order valence-electron chi connectivity index (χ4n) is 4.71. The van der Waals surface area contributed by atoms with E-state index < -0.39 is 0 Å². The summed E-state index contributed by atoms with van der Waals surface area (Å²) < 4.78 is 0. The molecule has 176 valence electrons. The Kier molecular flexibility index (Phi) is 6.34. The SMILES string of the molecule is c1ccc(-c2ccc(Nc3ccc(-c4ccc(-c5ccccc5)cc4)cc3-c3ccccc3)cc2)cc1. The van der Waals surface area contributed by atoms with Crippen molar-refractivity contribution in [2.24, 2.45) is 0 Å². The highest BCUT2D eigenvalue weighted by Crippen LogP contribution is 2.35. The van der Waals surface area contributed by atoms with E-state index in [2.05, 4.69) is 157 Å². The van der Waals surface area contributed by atoms with Gasteiger partial charge in [0.05, 0.1) is 0 Å². The van der Waals surface area contributed by atoms with Gasteiger partial charge in [-0.3, -0.25) is 0 Å². The van der Waals surface area contributed by atoms with Crippen LogP contribution in [0.3, 0.4) is 0 Å². The van der Waals surface area contributed by atoms with Crippen molar-refractivity contribution in [1.82, 2.24) is 0 Å². The number of hydrogen-bond donors (Lipinski definition) is 1. The van der Waals surface area contributed by atoms with Crippen LogP contribution in [0.5, 0.6) is 0 Å². The highest BCUT2D eigenvalue weighted by Gasteiger charge is 2.09. The zero-order valence-electron chi connectivity index (χ0n) is 20.5. The molecule has 0 spiro atoms.